The molecule has 1 aliphatic carbocycles. The third-order valence-electron chi connectivity index (χ3n) is 2.23. The fourth-order valence-corrected chi connectivity index (χ4v) is 1.79. The average molecular weight is 192 g/mol. The van der Waals surface area contributed by atoms with Gasteiger partial charge in [0.1, 0.15) is 0 Å². The van der Waals surface area contributed by atoms with Crippen LogP contribution in [0, 0.1) is 11.3 Å². The van der Waals surface area contributed by atoms with Crippen LogP contribution in [0.2, 0.25) is 0 Å². The zero-order valence-corrected chi connectivity index (χ0v) is 7.51. The smallest absolute Gasteiger partial charge is 0.198 e. The predicted molar refractivity (Wildman–Crippen MR) is 48.7 cm³/mol. The van der Waals surface area contributed by atoms with E-state index in [0.29, 0.717) is 12.0 Å². The van der Waals surface area contributed by atoms with E-state index in [-0.39, 0.29) is 5.78 Å². The summed E-state index contributed by atoms with van der Waals surface area (Å²) in [6.45, 7) is 0. The highest BCUT2D eigenvalue weighted by molar-refractivity contribution is 6.41. The summed E-state index contributed by atoms with van der Waals surface area (Å²) in [6, 6.07) is 9.00. The van der Waals surface area contributed by atoms with Gasteiger partial charge in [-0.15, -0.1) is 0 Å². The number of fused-ring (bicyclic) bond motifs is 1. The maximum atomic E-state index is 11.6. The van der Waals surface area contributed by atoms with Crippen LogP contribution in [-0.2, 0) is 6.42 Å². The first-order valence-electron chi connectivity index (χ1n) is 3.90. The van der Waals surface area contributed by atoms with Crippen LogP contribution in [0.4, 0.5) is 0 Å². The fraction of sp³-hybridized carbons (Fsp3) is 0.200. The topological polar surface area (TPSA) is 40.9 Å². The van der Waals surface area contributed by atoms with Crippen LogP contribution in [0.1, 0.15) is 15.9 Å². The summed E-state index contributed by atoms with van der Waals surface area (Å²) >= 11 is 5.86. The van der Waals surface area contributed by atoms with Crippen LogP contribution in [0.3, 0.4) is 0 Å². The van der Waals surface area contributed by atoms with Crippen molar-refractivity contribution < 1.29 is 4.79 Å². The lowest BCUT2D eigenvalue weighted by molar-refractivity contribution is 0.0976. The third-order valence-corrected chi connectivity index (χ3v) is 2.62. The molecule has 0 radical (unpaired) electrons. The first-order valence-corrected chi connectivity index (χ1v) is 4.28. The molecule has 1 unspecified atom stereocenters. The Morgan fingerprint density at radius 2 is 2.15 bits per heavy atom. The molecule has 0 spiro atoms. The van der Waals surface area contributed by atoms with Crippen molar-refractivity contribution in [2.45, 2.75) is 11.3 Å². The van der Waals surface area contributed by atoms with E-state index in [1.807, 2.05) is 18.2 Å². The molecule has 0 aliphatic heterocycles. The zero-order chi connectivity index (χ0) is 9.47. The second-order valence-electron chi connectivity index (χ2n) is 3.08. The number of ketones is 1. The maximum Gasteiger partial charge on any atom is 0.198 e. The van der Waals surface area contributed by atoms with Gasteiger partial charge in [-0.3, -0.25) is 4.79 Å². The lowest BCUT2D eigenvalue weighted by Gasteiger charge is -2.06. The molecule has 1 aromatic rings. The minimum absolute atomic E-state index is 0.271. The standard InChI is InChI=1S/C10H6ClNO/c11-10(6-12)5-7-3-1-2-4-8(7)9(10)13/h1-4H,5H2. The van der Waals surface area contributed by atoms with E-state index in [9.17, 15) is 4.79 Å². The summed E-state index contributed by atoms with van der Waals surface area (Å²) in [4.78, 5) is 10.2. The molecule has 0 heterocycles. The molecule has 0 saturated heterocycles. The van der Waals surface area contributed by atoms with Crippen LogP contribution >= 0.6 is 11.6 Å². The quantitative estimate of drug-likeness (QED) is 0.588. The number of hydrogen-bond acceptors (Lipinski definition) is 2. The molecule has 1 aliphatic rings. The minimum atomic E-state index is -1.36. The number of hydrogen-bond donors (Lipinski definition) is 0. The molecule has 1 atom stereocenters. The third kappa shape index (κ3) is 1.05. The number of nitrogens with zero attached hydrogens (tertiary/aromatic N) is 1. The van der Waals surface area contributed by atoms with Crippen molar-refractivity contribution >= 4 is 17.4 Å². The van der Waals surface area contributed by atoms with Crippen molar-refractivity contribution in [2.75, 3.05) is 0 Å². The lowest BCUT2D eigenvalue weighted by atomic mass is 10.1. The Kier molecular flexibility index (Phi) is 1.64. The summed E-state index contributed by atoms with van der Waals surface area (Å²) in [5, 5.41) is 8.77. The van der Waals surface area contributed by atoms with Crippen LogP contribution in [0.15, 0.2) is 24.3 Å². The maximum absolute atomic E-state index is 11.6. The van der Waals surface area contributed by atoms with E-state index >= 15 is 0 Å². The van der Waals surface area contributed by atoms with Gasteiger partial charge < -0.3 is 0 Å². The fourth-order valence-electron chi connectivity index (χ4n) is 1.54. The van der Waals surface area contributed by atoms with E-state index in [1.54, 1.807) is 12.1 Å². The molecule has 0 saturated carbocycles. The number of nitriles is 1. The number of benzene rings is 1. The SMILES string of the molecule is N#CC1(Cl)Cc2ccccc2C1=O. The molecule has 64 valence electrons. The normalized spacial score (nSPS) is 25.4. The van der Waals surface area contributed by atoms with Gasteiger partial charge in [-0.2, -0.15) is 5.26 Å². The second kappa shape index (κ2) is 2.58. The van der Waals surface area contributed by atoms with Crippen molar-refractivity contribution in [3.63, 3.8) is 0 Å². The number of carbonyl (C=O) groups is 1. The first kappa shape index (κ1) is 8.28. The Balaban J connectivity index is 2.57. The van der Waals surface area contributed by atoms with Gasteiger partial charge in [0, 0.05) is 12.0 Å². The molecule has 1 aromatic carbocycles. The molecule has 0 fully saturated rings. The second-order valence-corrected chi connectivity index (χ2v) is 3.72. The molecule has 0 bridgehead atoms. The Hall–Kier alpha value is -1.33. The van der Waals surface area contributed by atoms with Gasteiger partial charge in [-0.05, 0) is 5.56 Å². The van der Waals surface area contributed by atoms with Crippen molar-refractivity contribution in [3.05, 3.63) is 35.4 Å². The Morgan fingerprint density at radius 1 is 1.46 bits per heavy atom. The van der Waals surface area contributed by atoms with Gasteiger partial charge in [-0.1, -0.05) is 35.9 Å². The Labute approximate surface area is 80.7 Å². The van der Waals surface area contributed by atoms with Crippen LogP contribution < -0.4 is 0 Å². The largest absolute Gasteiger partial charge is 0.291 e. The van der Waals surface area contributed by atoms with Gasteiger partial charge in [0.15, 0.2) is 10.7 Å². The average Bonchev–Trinajstić information content (AvgIpc) is 2.41. The molecule has 13 heavy (non-hydrogen) atoms. The molecule has 0 amide bonds. The van der Waals surface area contributed by atoms with Crippen LogP contribution in [0.5, 0.6) is 0 Å². The Bertz CT molecular complexity index is 421. The van der Waals surface area contributed by atoms with E-state index in [0.717, 1.165) is 5.56 Å². The van der Waals surface area contributed by atoms with Gasteiger partial charge in [0.05, 0.1) is 6.07 Å². The van der Waals surface area contributed by atoms with Crippen molar-refractivity contribution in [3.8, 4) is 6.07 Å². The highest BCUT2D eigenvalue weighted by atomic mass is 35.5. The van der Waals surface area contributed by atoms with Crippen molar-refractivity contribution in [1.82, 2.24) is 0 Å². The van der Waals surface area contributed by atoms with Gasteiger partial charge in [0.25, 0.3) is 0 Å². The molecule has 3 heteroatoms. The first-order chi connectivity index (χ1) is 6.17. The predicted octanol–water partition coefficient (Wildman–Crippen LogP) is 1.93. The number of rotatable bonds is 0. The molecular formula is C10H6ClNO. The number of Topliss-reactive ketones (excluding diaryl/α,β-unsaturated/α-hetero) is 1. The van der Waals surface area contributed by atoms with Crippen molar-refractivity contribution in [2.24, 2.45) is 0 Å². The summed E-state index contributed by atoms with van der Waals surface area (Å²) in [7, 11) is 0. The van der Waals surface area contributed by atoms with E-state index in [1.165, 1.54) is 0 Å². The summed E-state index contributed by atoms with van der Waals surface area (Å²) in [5.41, 5.74) is 1.45. The van der Waals surface area contributed by atoms with E-state index < -0.39 is 4.87 Å². The van der Waals surface area contributed by atoms with Gasteiger partial charge >= 0.3 is 0 Å². The number of halogens is 1. The molecule has 0 aromatic heterocycles. The molecule has 0 N–H and O–H groups in total. The van der Waals surface area contributed by atoms with Crippen molar-refractivity contribution in [1.29, 1.82) is 5.26 Å². The Morgan fingerprint density at radius 3 is 2.77 bits per heavy atom. The van der Waals surface area contributed by atoms with Gasteiger partial charge in [0.2, 0.25) is 0 Å². The molecule has 2 nitrogen and oxygen atoms in total. The molecule has 2 rings (SSSR count). The highest BCUT2D eigenvalue weighted by Gasteiger charge is 2.44. The number of carbonyl (C=O) groups excluding carboxylic acids is 1. The lowest BCUT2D eigenvalue weighted by Crippen LogP contribution is -2.26. The summed E-state index contributed by atoms with van der Waals surface area (Å²) < 4.78 is 0. The van der Waals surface area contributed by atoms with Crippen LogP contribution in [-0.4, -0.2) is 10.7 Å². The summed E-state index contributed by atoms with van der Waals surface area (Å²) in [5.74, 6) is -0.271. The summed E-state index contributed by atoms with van der Waals surface area (Å²) in [6.07, 6.45) is 0.320. The number of alkyl halides is 1. The van der Waals surface area contributed by atoms with E-state index in [4.69, 9.17) is 16.9 Å². The van der Waals surface area contributed by atoms with E-state index in [2.05, 4.69) is 0 Å². The zero-order valence-electron chi connectivity index (χ0n) is 6.75. The van der Waals surface area contributed by atoms with Crippen LogP contribution in [0.25, 0.3) is 0 Å². The van der Waals surface area contributed by atoms with Gasteiger partial charge in [-0.25, -0.2) is 0 Å². The molecular weight excluding hydrogens is 186 g/mol. The minimum Gasteiger partial charge on any atom is -0.291 e. The monoisotopic (exact) mass is 191 g/mol. The highest BCUT2D eigenvalue weighted by Crippen LogP contribution is 2.34.